The molecule has 2 aromatic rings. The second kappa shape index (κ2) is 11.9. The van der Waals surface area contributed by atoms with Crippen molar-refractivity contribution in [1.82, 2.24) is 4.90 Å². The summed E-state index contributed by atoms with van der Waals surface area (Å²) in [4.78, 5) is 80.8. The Balaban J connectivity index is 1.52. The van der Waals surface area contributed by atoms with Gasteiger partial charge in [0.1, 0.15) is 5.75 Å². The van der Waals surface area contributed by atoms with E-state index in [1.165, 1.54) is 32.0 Å². The molecule has 8 unspecified atom stereocenters. The molecule has 0 heterocycles. The standard InChI is InChI=1S/C31H28F6N4O9/c1-9-13-4-5-14(40-28(49)39-12-7-10(30(32,33)34)6-11(8-12)31(35,36)37)21(42)16(13)22(43)17-15(9)23(44)19-20(41(2)3)24(45)18(27(38)48)26(47)29(19,50)25(17)46/h4-9,15,17-20,23,42,44,50H,1-3H3,(H2,38,48)(H2,39,40,49). The first-order chi connectivity index (χ1) is 22.9. The summed E-state index contributed by atoms with van der Waals surface area (Å²) in [5.41, 5.74) is -3.58. The summed E-state index contributed by atoms with van der Waals surface area (Å²) >= 11 is 0. The summed E-state index contributed by atoms with van der Waals surface area (Å²) in [6.07, 6.45) is -12.3. The van der Waals surface area contributed by atoms with Gasteiger partial charge in [0.2, 0.25) is 5.91 Å². The Kier molecular flexibility index (Phi) is 8.64. The maximum Gasteiger partial charge on any atom is 0.416 e. The number of rotatable bonds is 4. The highest BCUT2D eigenvalue weighted by Gasteiger charge is 2.73. The lowest BCUT2D eigenvalue weighted by Crippen LogP contribution is -2.77. The van der Waals surface area contributed by atoms with E-state index in [0.717, 1.165) is 6.07 Å². The second-order valence-electron chi connectivity index (χ2n) is 12.7. The van der Waals surface area contributed by atoms with Gasteiger partial charge in [0, 0.05) is 11.6 Å². The molecule has 8 atom stereocenters. The van der Waals surface area contributed by atoms with Crippen molar-refractivity contribution in [3.63, 3.8) is 0 Å². The van der Waals surface area contributed by atoms with Crippen LogP contribution in [-0.2, 0) is 31.5 Å². The van der Waals surface area contributed by atoms with E-state index in [9.17, 15) is 70.4 Å². The number of likely N-dealkylation sites (N-methyl/N-ethyl adjacent to an activating group) is 1. The van der Waals surface area contributed by atoms with E-state index >= 15 is 0 Å². The molecule has 3 amide bonds. The van der Waals surface area contributed by atoms with Crippen LogP contribution in [0.3, 0.4) is 0 Å². The minimum absolute atomic E-state index is 0.00886. The number of ketones is 4. The molecule has 3 aliphatic carbocycles. The first-order valence-electron chi connectivity index (χ1n) is 14.7. The molecule has 0 aromatic heterocycles. The number of halogens is 6. The molecule has 0 radical (unpaired) electrons. The Morgan fingerprint density at radius 1 is 0.920 bits per heavy atom. The third-order valence-corrected chi connectivity index (χ3v) is 9.58. The third kappa shape index (κ3) is 5.48. The number of carbonyl (C=O) groups is 6. The van der Waals surface area contributed by atoms with Gasteiger partial charge in [0.05, 0.1) is 46.4 Å². The van der Waals surface area contributed by atoms with Gasteiger partial charge in [-0.05, 0) is 49.8 Å². The molecule has 0 spiro atoms. The van der Waals surface area contributed by atoms with Gasteiger partial charge < -0.3 is 31.7 Å². The number of benzene rings is 2. The Bertz CT molecular complexity index is 1830. The van der Waals surface area contributed by atoms with Gasteiger partial charge in [-0.2, -0.15) is 26.3 Å². The molecule has 2 fully saturated rings. The van der Waals surface area contributed by atoms with E-state index in [1.807, 2.05) is 5.32 Å². The SMILES string of the molecule is CC1c2ccc(NC(=O)Nc3cc(C(F)(F)F)cc(C(F)(F)F)c3)c(O)c2C(=O)C2C(=O)C3(O)C(=O)C(C(N)=O)C(=O)C(N(C)C)C3C(O)C21. The van der Waals surface area contributed by atoms with Gasteiger partial charge >= 0.3 is 18.4 Å². The van der Waals surface area contributed by atoms with Crippen LogP contribution in [0.25, 0.3) is 0 Å². The summed E-state index contributed by atoms with van der Waals surface area (Å²) in [7, 11) is 2.66. The van der Waals surface area contributed by atoms with Crippen molar-refractivity contribution in [2.45, 2.75) is 42.9 Å². The van der Waals surface area contributed by atoms with Crippen molar-refractivity contribution in [1.29, 1.82) is 0 Å². The zero-order chi connectivity index (χ0) is 37.6. The maximum absolute atomic E-state index is 14.0. The van der Waals surface area contributed by atoms with Crippen molar-refractivity contribution in [3.05, 3.63) is 52.6 Å². The molecular formula is C31H28F6N4O9. The number of alkyl halides is 6. The molecule has 2 aromatic carbocycles. The van der Waals surface area contributed by atoms with Crippen LogP contribution < -0.4 is 16.4 Å². The Hall–Kier alpha value is -4.88. The number of anilines is 2. The number of nitrogens with two attached hydrogens (primary N) is 1. The van der Waals surface area contributed by atoms with Crippen molar-refractivity contribution in [2.24, 2.45) is 29.4 Å². The third-order valence-electron chi connectivity index (χ3n) is 9.58. The number of hydrogen-bond donors (Lipinski definition) is 6. The minimum atomic E-state index is -5.22. The molecule has 2 saturated carbocycles. The predicted octanol–water partition coefficient (Wildman–Crippen LogP) is 2.08. The number of aliphatic hydroxyl groups excluding tert-OH is 1. The van der Waals surface area contributed by atoms with Crippen molar-refractivity contribution >= 4 is 46.4 Å². The highest BCUT2D eigenvalue weighted by Crippen LogP contribution is 2.55. The molecule has 5 rings (SSSR count). The predicted molar refractivity (Wildman–Crippen MR) is 157 cm³/mol. The number of nitrogens with one attached hydrogen (secondary N) is 2. The average Bonchev–Trinajstić information content (AvgIpc) is 2.98. The van der Waals surface area contributed by atoms with Gasteiger partial charge in [-0.1, -0.05) is 13.0 Å². The van der Waals surface area contributed by atoms with Crippen LogP contribution in [0.15, 0.2) is 30.3 Å². The molecule has 3 aliphatic rings. The normalized spacial score (nSPS) is 29.6. The molecule has 7 N–H and O–H groups in total. The molecular weight excluding hydrogens is 686 g/mol. The van der Waals surface area contributed by atoms with Crippen LogP contribution in [-0.4, -0.2) is 87.1 Å². The van der Waals surface area contributed by atoms with Crippen molar-refractivity contribution in [3.8, 4) is 5.75 Å². The fourth-order valence-corrected chi connectivity index (χ4v) is 7.40. The average molecular weight is 715 g/mol. The van der Waals surface area contributed by atoms with Crippen LogP contribution in [0.5, 0.6) is 5.75 Å². The lowest BCUT2D eigenvalue weighted by Gasteiger charge is -2.56. The number of urea groups is 1. The highest BCUT2D eigenvalue weighted by atomic mass is 19.4. The molecule has 0 saturated heterocycles. The zero-order valence-electron chi connectivity index (χ0n) is 26.0. The summed E-state index contributed by atoms with van der Waals surface area (Å²) in [6, 6.07) is -0.505. The van der Waals surface area contributed by atoms with Gasteiger partial charge in [0.15, 0.2) is 34.7 Å². The molecule has 268 valence electrons. The number of aliphatic hydroxyl groups is 2. The van der Waals surface area contributed by atoms with Crippen LogP contribution >= 0.6 is 0 Å². The summed E-state index contributed by atoms with van der Waals surface area (Å²) in [6.45, 7) is 1.43. The first kappa shape index (κ1) is 36.4. The first-order valence-corrected chi connectivity index (χ1v) is 14.7. The van der Waals surface area contributed by atoms with Gasteiger partial charge in [0.25, 0.3) is 0 Å². The van der Waals surface area contributed by atoms with E-state index in [0.29, 0.717) is 0 Å². The van der Waals surface area contributed by atoms with Crippen LogP contribution in [0.2, 0.25) is 0 Å². The highest BCUT2D eigenvalue weighted by molar-refractivity contribution is 6.32. The Morgan fingerprint density at radius 2 is 1.48 bits per heavy atom. The van der Waals surface area contributed by atoms with E-state index in [4.69, 9.17) is 5.73 Å². The smallest absolute Gasteiger partial charge is 0.416 e. The lowest BCUT2D eigenvalue weighted by atomic mass is 9.49. The fourth-order valence-electron chi connectivity index (χ4n) is 7.40. The van der Waals surface area contributed by atoms with Crippen LogP contribution in [0, 0.1) is 23.7 Å². The maximum atomic E-state index is 14.0. The number of primary amides is 1. The summed E-state index contributed by atoms with van der Waals surface area (Å²) in [5, 5.41) is 38.2. The van der Waals surface area contributed by atoms with E-state index < -0.39 is 129 Å². The molecule has 0 bridgehead atoms. The molecule has 0 aliphatic heterocycles. The Labute approximate surface area is 277 Å². The number of carbonyl (C=O) groups excluding carboxylic acids is 6. The molecule has 50 heavy (non-hydrogen) atoms. The number of fused-ring (bicyclic) bond motifs is 3. The zero-order valence-corrected chi connectivity index (χ0v) is 26.0. The second-order valence-corrected chi connectivity index (χ2v) is 12.7. The lowest BCUT2D eigenvalue weighted by molar-refractivity contribution is -0.196. The monoisotopic (exact) mass is 714 g/mol. The van der Waals surface area contributed by atoms with Crippen molar-refractivity contribution < 1.29 is 70.4 Å². The van der Waals surface area contributed by atoms with Crippen molar-refractivity contribution in [2.75, 3.05) is 24.7 Å². The number of nitrogens with zero attached hydrogens (tertiary/aromatic N) is 1. The van der Waals surface area contributed by atoms with E-state index in [-0.39, 0.29) is 23.8 Å². The van der Waals surface area contributed by atoms with E-state index in [1.54, 1.807) is 5.32 Å². The number of hydrogen-bond acceptors (Lipinski definition) is 10. The van der Waals surface area contributed by atoms with Crippen LogP contribution in [0.4, 0.5) is 42.5 Å². The quantitative estimate of drug-likeness (QED) is 0.154. The van der Waals surface area contributed by atoms with Crippen LogP contribution in [0.1, 0.15) is 39.9 Å². The fraction of sp³-hybridized carbons (Fsp3) is 0.419. The summed E-state index contributed by atoms with van der Waals surface area (Å²) < 4.78 is 79.6. The Morgan fingerprint density at radius 3 is 1.98 bits per heavy atom. The number of aromatic hydroxyl groups is 1. The number of amides is 3. The number of phenols is 1. The molecule has 19 heteroatoms. The van der Waals surface area contributed by atoms with Gasteiger partial charge in [-0.15, -0.1) is 0 Å². The largest absolute Gasteiger partial charge is 0.505 e. The van der Waals surface area contributed by atoms with E-state index in [2.05, 4.69) is 0 Å². The number of phenolic OH excluding ortho intramolecular Hbond substituents is 1. The summed E-state index contributed by atoms with van der Waals surface area (Å²) in [5.74, 6) is -16.5. The van der Waals surface area contributed by atoms with Gasteiger partial charge in [-0.3, -0.25) is 28.9 Å². The van der Waals surface area contributed by atoms with Gasteiger partial charge in [-0.25, -0.2) is 4.79 Å². The topological polar surface area (TPSA) is 216 Å². The minimum Gasteiger partial charge on any atom is -0.505 e. The molecule has 13 nitrogen and oxygen atoms in total. The number of Topliss-reactive ketones (excluding diaryl/α,β-unsaturated/α-hetero) is 4.